The summed E-state index contributed by atoms with van der Waals surface area (Å²) in [5.41, 5.74) is -4.86. The molecule has 2 atom stereocenters. The van der Waals surface area contributed by atoms with Crippen molar-refractivity contribution in [1.82, 2.24) is 9.97 Å². The van der Waals surface area contributed by atoms with Gasteiger partial charge in [0.15, 0.2) is 5.75 Å². The Labute approximate surface area is 316 Å². The maximum atomic E-state index is 14.2. The molecule has 1 aliphatic heterocycles. The second-order valence-electron chi connectivity index (χ2n) is 14.0. The van der Waals surface area contributed by atoms with Crippen LogP contribution in [-0.2, 0) is 34.6 Å². The Balaban J connectivity index is 1.58. The minimum atomic E-state index is -5.18. The lowest BCUT2D eigenvalue weighted by Crippen LogP contribution is -2.48. The van der Waals surface area contributed by atoms with E-state index in [4.69, 9.17) is 14.6 Å². The van der Waals surface area contributed by atoms with Gasteiger partial charge in [0.05, 0.1) is 54.0 Å². The number of hydrogen-bond donors (Lipinski definition) is 1. The van der Waals surface area contributed by atoms with Gasteiger partial charge in [-0.25, -0.2) is 14.8 Å². The molecule has 306 valence electrons. The second-order valence-corrected chi connectivity index (χ2v) is 14.0. The number of nitrogens with zero attached hydrogens (tertiary/aromatic N) is 4. The first kappa shape index (κ1) is 42.4. The zero-order valence-electron chi connectivity index (χ0n) is 30.3. The number of hydrogen-bond acceptors (Lipinski definition) is 7. The highest BCUT2D eigenvalue weighted by molar-refractivity contribution is 5.90. The standard InChI is InChI=1S/C38H41F9N4O5/c1-2-28-19-32(30-18-25(36(39,40)41)10-11-31(30)51(28)35(54)56-14-12-23-7-4-3-5-8-23)50(34-48-20-29(21-49-34)55-13-6-9-33(52)53)22-24-15-26(37(42,43)44)17-27(16-24)38(45,46)47/h10-11,15-18,20-21,23,28,32H,2-9,12-14,19,22H2,1H3,(H,52,53)/t28-,32+/m1/s1. The molecule has 1 aliphatic carbocycles. The average Bonchev–Trinajstić information content (AvgIpc) is 3.14. The number of aromatic nitrogens is 2. The molecule has 0 bridgehead atoms. The summed E-state index contributed by atoms with van der Waals surface area (Å²) < 4.78 is 137. The lowest BCUT2D eigenvalue weighted by molar-refractivity contribution is -0.143. The van der Waals surface area contributed by atoms with Crippen molar-refractivity contribution in [3.63, 3.8) is 0 Å². The van der Waals surface area contributed by atoms with Crippen LogP contribution < -0.4 is 14.5 Å². The van der Waals surface area contributed by atoms with E-state index in [0.717, 1.165) is 62.7 Å². The molecular formula is C38H41F9N4O5. The molecule has 1 aromatic heterocycles. The number of anilines is 2. The fourth-order valence-corrected chi connectivity index (χ4v) is 7.23. The van der Waals surface area contributed by atoms with Crippen molar-refractivity contribution >= 4 is 23.7 Å². The van der Waals surface area contributed by atoms with Crippen LogP contribution in [0.3, 0.4) is 0 Å². The number of carbonyl (C=O) groups is 2. The van der Waals surface area contributed by atoms with Crippen LogP contribution >= 0.6 is 0 Å². The van der Waals surface area contributed by atoms with E-state index in [-0.39, 0.29) is 67.9 Å². The number of halogens is 9. The summed E-state index contributed by atoms with van der Waals surface area (Å²) >= 11 is 0. The lowest BCUT2D eigenvalue weighted by Gasteiger charge is -2.44. The van der Waals surface area contributed by atoms with Crippen molar-refractivity contribution in [2.24, 2.45) is 5.92 Å². The minimum Gasteiger partial charge on any atom is -0.490 e. The predicted octanol–water partition coefficient (Wildman–Crippen LogP) is 10.6. The first-order chi connectivity index (χ1) is 26.3. The third-order valence-corrected chi connectivity index (χ3v) is 10.0. The molecule has 56 heavy (non-hydrogen) atoms. The van der Waals surface area contributed by atoms with Gasteiger partial charge in [-0.1, -0.05) is 39.0 Å². The van der Waals surface area contributed by atoms with Crippen LogP contribution in [0.2, 0.25) is 0 Å². The topological polar surface area (TPSA) is 105 Å². The average molecular weight is 805 g/mol. The van der Waals surface area contributed by atoms with Crippen LogP contribution in [0.1, 0.15) is 105 Å². The second kappa shape index (κ2) is 17.6. The summed E-state index contributed by atoms with van der Waals surface area (Å²) in [5, 5.41) is 8.88. The largest absolute Gasteiger partial charge is 0.490 e. The van der Waals surface area contributed by atoms with Gasteiger partial charge in [0.1, 0.15) is 0 Å². The minimum absolute atomic E-state index is 0.0205. The van der Waals surface area contributed by atoms with E-state index in [1.807, 2.05) is 0 Å². The number of rotatable bonds is 13. The van der Waals surface area contributed by atoms with Gasteiger partial charge in [-0.05, 0) is 79.1 Å². The molecule has 9 nitrogen and oxygen atoms in total. The monoisotopic (exact) mass is 804 g/mol. The van der Waals surface area contributed by atoms with Crippen LogP contribution in [0.4, 0.5) is 55.9 Å². The maximum absolute atomic E-state index is 14.2. The van der Waals surface area contributed by atoms with Crippen molar-refractivity contribution in [3.05, 3.63) is 76.6 Å². The van der Waals surface area contributed by atoms with Gasteiger partial charge in [0.2, 0.25) is 5.95 Å². The van der Waals surface area contributed by atoms with E-state index >= 15 is 0 Å². The number of amides is 1. The summed E-state index contributed by atoms with van der Waals surface area (Å²) in [6.07, 6.45) is -7.83. The van der Waals surface area contributed by atoms with Gasteiger partial charge in [-0.3, -0.25) is 9.69 Å². The molecule has 0 unspecified atom stereocenters. The Morgan fingerprint density at radius 3 is 2.05 bits per heavy atom. The quantitative estimate of drug-likeness (QED) is 0.135. The number of alkyl halides is 9. The molecule has 0 spiro atoms. The van der Waals surface area contributed by atoms with Crippen LogP contribution in [0.25, 0.3) is 0 Å². The molecule has 2 aromatic carbocycles. The molecule has 5 rings (SSSR count). The maximum Gasteiger partial charge on any atom is 0.416 e. The van der Waals surface area contributed by atoms with Crippen LogP contribution in [0, 0.1) is 5.92 Å². The Bertz CT molecular complexity index is 1780. The van der Waals surface area contributed by atoms with Crippen molar-refractivity contribution in [1.29, 1.82) is 0 Å². The van der Waals surface area contributed by atoms with Crippen molar-refractivity contribution in [3.8, 4) is 5.75 Å². The number of ether oxygens (including phenoxy) is 2. The van der Waals surface area contributed by atoms with Gasteiger partial charge in [-0.2, -0.15) is 39.5 Å². The number of benzene rings is 2. The number of carboxylic acid groups (broad SMARTS) is 1. The number of carbonyl (C=O) groups excluding carboxylic acids is 1. The number of fused-ring (bicyclic) bond motifs is 1. The normalized spacial score (nSPS) is 18.0. The highest BCUT2D eigenvalue weighted by atomic mass is 19.4. The zero-order chi connectivity index (χ0) is 40.8. The van der Waals surface area contributed by atoms with E-state index in [1.54, 1.807) is 6.92 Å². The van der Waals surface area contributed by atoms with Crippen molar-refractivity contribution < 1.29 is 63.7 Å². The summed E-state index contributed by atoms with van der Waals surface area (Å²) in [6.45, 7) is 1.02. The Morgan fingerprint density at radius 1 is 0.857 bits per heavy atom. The van der Waals surface area contributed by atoms with Gasteiger partial charge >= 0.3 is 30.6 Å². The van der Waals surface area contributed by atoms with Crippen LogP contribution in [-0.4, -0.2) is 46.4 Å². The molecule has 1 saturated carbocycles. The van der Waals surface area contributed by atoms with Crippen LogP contribution in [0.15, 0.2) is 48.8 Å². The molecule has 2 heterocycles. The first-order valence-corrected chi connectivity index (χ1v) is 18.2. The number of carboxylic acids is 1. The van der Waals surface area contributed by atoms with Crippen molar-refractivity contribution in [2.45, 2.75) is 108 Å². The van der Waals surface area contributed by atoms with Crippen LogP contribution in [0.5, 0.6) is 5.75 Å². The third kappa shape index (κ3) is 10.7. The van der Waals surface area contributed by atoms with E-state index in [2.05, 4.69) is 9.97 Å². The summed E-state index contributed by atoms with van der Waals surface area (Å²) in [7, 11) is 0. The SMILES string of the molecule is CC[C@@H]1C[C@H](N(Cc2cc(C(F)(F)F)cc(C(F)(F)F)c2)c2ncc(OCCCC(=O)O)cn2)c2cc(C(F)(F)F)ccc2N1C(=O)OCCC1CCCCC1. The fraction of sp³-hybridized carbons (Fsp3) is 0.526. The van der Waals surface area contributed by atoms with Gasteiger partial charge < -0.3 is 19.5 Å². The van der Waals surface area contributed by atoms with E-state index < -0.39 is 71.5 Å². The van der Waals surface area contributed by atoms with E-state index in [0.29, 0.717) is 24.5 Å². The Hall–Kier alpha value is -4.77. The molecule has 0 radical (unpaired) electrons. The Kier molecular flexibility index (Phi) is 13.3. The van der Waals surface area contributed by atoms with Gasteiger partial charge in [0.25, 0.3) is 0 Å². The molecule has 0 saturated heterocycles. The molecule has 1 amide bonds. The molecule has 18 heteroatoms. The summed E-state index contributed by atoms with van der Waals surface area (Å²) in [4.78, 5) is 35.5. The molecule has 1 fully saturated rings. The van der Waals surface area contributed by atoms with E-state index in [1.165, 1.54) is 9.80 Å². The van der Waals surface area contributed by atoms with E-state index in [9.17, 15) is 49.1 Å². The Morgan fingerprint density at radius 2 is 1.48 bits per heavy atom. The highest BCUT2D eigenvalue weighted by Gasteiger charge is 2.43. The summed E-state index contributed by atoms with van der Waals surface area (Å²) in [5.74, 6) is -0.915. The number of aliphatic carboxylic acids is 1. The molecule has 1 N–H and O–H groups in total. The van der Waals surface area contributed by atoms with Crippen molar-refractivity contribution in [2.75, 3.05) is 23.0 Å². The summed E-state index contributed by atoms with van der Waals surface area (Å²) in [6, 6.07) is 1.75. The lowest BCUT2D eigenvalue weighted by atomic mass is 9.87. The smallest absolute Gasteiger partial charge is 0.416 e. The molecular weight excluding hydrogens is 763 g/mol. The fourth-order valence-electron chi connectivity index (χ4n) is 7.23. The molecule has 2 aliphatic rings. The third-order valence-electron chi connectivity index (χ3n) is 10.0. The van der Waals surface area contributed by atoms with Gasteiger partial charge in [0, 0.05) is 19.0 Å². The first-order valence-electron chi connectivity index (χ1n) is 18.2. The highest BCUT2D eigenvalue weighted by Crippen LogP contribution is 2.46. The molecule has 3 aromatic rings. The predicted molar refractivity (Wildman–Crippen MR) is 185 cm³/mol. The zero-order valence-corrected chi connectivity index (χ0v) is 30.3. The van der Waals surface area contributed by atoms with Gasteiger partial charge in [-0.15, -0.1) is 0 Å².